The summed E-state index contributed by atoms with van der Waals surface area (Å²) in [5, 5.41) is 0. The predicted octanol–water partition coefficient (Wildman–Crippen LogP) is 1.53. The molecule has 0 unspecified atom stereocenters. The van der Waals surface area contributed by atoms with Gasteiger partial charge in [0.25, 0.3) is 25.8 Å². The minimum Gasteiger partial charge on any atom is -0.367 e. The molecule has 0 radical (unpaired) electrons. The molecular weight excluding hydrogens is 754 g/mol. The molecule has 0 bridgehead atoms. The quantitative estimate of drug-likeness (QED) is 0.149. The van der Waals surface area contributed by atoms with Crippen LogP contribution in [0.15, 0.2) is 76.4 Å². The number of hydrogen-bond donors (Lipinski definition) is 0. The normalized spacial score (nSPS) is 19.7. The van der Waals surface area contributed by atoms with E-state index >= 15 is 0 Å². The Morgan fingerprint density at radius 2 is 1.33 bits per heavy atom. The van der Waals surface area contributed by atoms with E-state index < -0.39 is 97.7 Å². The van der Waals surface area contributed by atoms with Gasteiger partial charge in [0.15, 0.2) is 12.3 Å². The van der Waals surface area contributed by atoms with E-state index in [9.17, 15) is 48.0 Å². The van der Waals surface area contributed by atoms with Gasteiger partial charge in [0.1, 0.15) is 31.6 Å². The lowest BCUT2D eigenvalue weighted by molar-refractivity contribution is -0.154. The Labute approximate surface area is 290 Å². The second-order valence-corrected chi connectivity index (χ2v) is 16.2. The summed E-state index contributed by atoms with van der Waals surface area (Å²) in [6.45, 7) is -2.55. The van der Waals surface area contributed by atoms with Crippen LogP contribution in [0, 0.1) is 6.92 Å². The largest absolute Gasteiger partial charge is 0.523 e. The molecule has 282 valence electrons. The van der Waals surface area contributed by atoms with Gasteiger partial charge in [-0.2, -0.15) is 38.4 Å². The first-order chi connectivity index (χ1) is 23.6. The number of nitrogens with zero attached hydrogens (tertiary/aromatic N) is 2. The molecule has 1 aliphatic rings. The minimum atomic E-state index is -6.55. The van der Waals surface area contributed by atoms with Gasteiger partial charge in [-0.25, -0.2) is 9.36 Å². The van der Waals surface area contributed by atoms with E-state index in [1.165, 1.54) is 19.1 Å². The van der Waals surface area contributed by atoms with Crippen molar-refractivity contribution in [3.63, 3.8) is 0 Å². The number of ether oxygens (including phenoxy) is 3. The average molecular weight is 787 g/mol. The maximum Gasteiger partial charge on any atom is 0.523 e. The molecule has 0 saturated carbocycles. The van der Waals surface area contributed by atoms with Gasteiger partial charge < -0.3 is 14.2 Å². The molecule has 0 amide bonds. The lowest BCUT2D eigenvalue weighted by atomic mass is 9.96. The number of aromatic nitrogens is 2. The fourth-order valence-electron chi connectivity index (χ4n) is 4.92. The van der Waals surface area contributed by atoms with Gasteiger partial charge in [-0.15, -0.1) is 0 Å². The lowest BCUT2D eigenvalue weighted by Crippen LogP contribution is -2.53. The topological polar surface area (TPSA) is 202 Å². The zero-order chi connectivity index (χ0) is 37.8. The summed E-state index contributed by atoms with van der Waals surface area (Å²) in [6, 6.07) is 16.3. The van der Waals surface area contributed by atoms with Crippen LogP contribution in [0.1, 0.15) is 22.9 Å². The first-order valence-corrected chi connectivity index (χ1v) is 19.6. The Morgan fingerprint density at radius 3 is 1.82 bits per heavy atom. The van der Waals surface area contributed by atoms with E-state index in [0.29, 0.717) is 32.8 Å². The molecular formula is C29H33F3N2O14S3. The number of aryl methyl sites for hydroxylation is 1. The van der Waals surface area contributed by atoms with E-state index in [1.807, 2.05) is 0 Å². The summed E-state index contributed by atoms with van der Waals surface area (Å²) >= 11 is 0. The van der Waals surface area contributed by atoms with Gasteiger partial charge in [-0.3, -0.25) is 21.9 Å². The summed E-state index contributed by atoms with van der Waals surface area (Å²) in [5.74, 6) is 0. The standard InChI is InChI=1S/C29H33F3N2O14S3/c1-20-14-33(27(36)34(25(20)35)19-43-15-21-10-6-4-7-11-21)26-23(48-51(41,42)29(30,31)32)24(44-16-22-12-8-5-9-13-22)28(47-26,17-45-49(2,37)38)18-46-50(3,39)40/h4-14,23-24,26H,15-19H2,1-3H3/t23-,24+,26+/m0/s1. The van der Waals surface area contributed by atoms with Gasteiger partial charge in [-0.1, -0.05) is 60.7 Å². The first kappa shape index (κ1) is 40.3. The van der Waals surface area contributed by atoms with Gasteiger partial charge in [0.2, 0.25) is 0 Å². The van der Waals surface area contributed by atoms with Crippen LogP contribution in [0.4, 0.5) is 13.2 Å². The maximum absolute atomic E-state index is 13.9. The van der Waals surface area contributed by atoms with Crippen LogP contribution in [0.2, 0.25) is 0 Å². The number of hydrogen-bond acceptors (Lipinski definition) is 14. The summed E-state index contributed by atoms with van der Waals surface area (Å²) in [5.41, 5.74) is -10.0. The average Bonchev–Trinajstić information content (AvgIpc) is 3.33. The zero-order valence-electron chi connectivity index (χ0n) is 27.1. The fourth-order valence-corrected chi connectivity index (χ4v) is 6.34. The Hall–Kier alpha value is -3.48. The summed E-state index contributed by atoms with van der Waals surface area (Å²) in [7, 11) is -15.4. The maximum atomic E-state index is 13.9. The third-order valence-corrected chi connectivity index (χ3v) is 9.39. The van der Waals surface area contributed by atoms with Gasteiger partial charge in [0, 0.05) is 11.8 Å². The van der Waals surface area contributed by atoms with Crippen LogP contribution >= 0.6 is 0 Å². The molecule has 3 aromatic rings. The SMILES string of the molecule is Cc1cn([C@@H]2OC(COS(C)(=O)=O)(COS(C)(=O)=O)[C@H](OCc3ccccc3)[C@@H]2OS(=O)(=O)C(F)(F)F)c(=O)n(COCc2ccccc2)c1=O. The molecule has 2 heterocycles. The van der Waals surface area contributed by atoms with Crippen molar-refractivity contribution < 1.29 is 65.2 Å². The number of rotatable bonds is 16. The Morgan fingerprint density at radius 1 is 0.824 bits per heavy atom. The third kappa shape index (κ3) is 10.3. The van der Waals surface area contributed by atoms with Crippen LogP contribution in [0.5, 0.6) is 0 Å². The smallest absolute Gasteiger partial charge is 0.367 e. The monoisotopic (exact) mass is 786 g/mol. The first-order valence-electron chi connectivity index (χ1n) is 14.6. The molecule has 1 saturated heterocycles. The molecule has 51 heavy (non-hydrogen) atoms. The van der Waals surface area contributed by atoms with Crippen LogP contribution < -0.4 is 11.2 Å². The van der Waals surface area contributed by atoms with E-state index in [4.69, 9.17) is 22.6 Å². The molecule has 3 atom stereocenters. The Kier molecular flexibility index (Phi) is 12.4. The van der Waals surface area contributed by atoms with Gasteiger partial charge in [0.05, 0.1) is 25.7 Å². The fraction of sp³-hybridized carbons (Fsp3) is 0.448. The van der Waals surface area contributed by atoms with E-state index in [-0.39, 0.29) is 12.2 Å². The van der Waals surface area contributed by atoms with E-state index in [1.54, 1.807) is 48.5 Å². The van der Waals surface area contributed by atoms with Crippen molar-refractivity contribution in [1.29, 1.82) is 0 Å². The van der Waals surface area contributed by atoms with Crippen molar-refractivity contribution in [2.75, 3.05) is 25.7 Å². The molecule has 16 nitrogen and oxygen atoms in total. The van der Waals surface area contributed by atoms with E-state index in [2.05, 4.69) is 4.18 Å². The van der Waals surface area contributed by atoms with E-state index in [0.717, 1.165) is 6.20 Å². The van der Waals surface area contributed by atoms with Crippen molar-refractivity contribution >= 4 is 30.4 Å². The molecule has 22 heteroatoms. The predicted molar refractivity (Wildman–Crippen MR) is 170 cm³/mol. The highest BCUT2D eigenvalue weighted by molar-refractivity contribution is 7.87. The molecule has 1 aliphatic heterocycles. The van der Waals surface area contributed by atoms with Crippen molar-refractivity contribution in [3.05, 3.63) is 104 Å². The number of halogens is 3. The molecule has 1 fully saturated rings. The zero-order valence-corrected chi connectivity index (χ0v) is 29.5. The number of alkyl halides is 3. The Bertz CT molecular complexity index is 2090. The summed E-state index contributed by atoms with van der Waals surface area (Å²) in [4.78, 5) is 26.9. The van der Waals surface area contributed by atoms with Crippen LogP contribution in [0.3, 0.4) is 0 Å². The summed E-state index contributed by atoms with van der Waals surface area (Å²) < 4.78 is 148. The summed E-state index contributed by atoms with van der Waals surface area (Å²) in [6.07, 6.45) is -4.98. The molecule has 2 aromatic carbocycles. The third-order valence-electron chi connectivity index (χ3n) is 7.25. The molecule has 0 spiro atoms. The van der Waals surface area contributed by atoms with Crippen LogP contribution in [-0.4, -0.2) is 83.4 Å². The van der Waals surface area contributed by atoms with Gasteiger partial charge >= 0.3 is 21.3 Å². The van der Waals surface area contributed by atoms with Crippen molar-refractivity contribution in [2.45, 2.75) is 56.4 Å². The van der Waals surface area contributed by atoms with Crippen molar-refractivity contribution in [2.24, 2.45) is 0 Å². The second kappa shape index (κ2) is 15.6. The van der Waals surface area contributed by atoms with Gasteiger partial charge in [-0.05, 0) is 18.1 Å². The Balaban J connectivity index is 1.91. The van der Waals surface area contributed by atoms with Crippen molar-refractivity contribution in [1.82, 2.24) is 9.13 Å². The number of benzene rings is 2. The highest BCUT2D eigenvalue weighted by atomic mass is 32.2. The molecule has 0 N–H and O–H groups in total. The molecule has 4 rings (SSSR count). The minimum absolute atomic E-state index is 0.0830. The molecule has 0 aliphatic carbocycles. The highest BCUT2D eigenvalue weighted by Gasteiger charge is 2.62. The second-order valence-electron chi connectivity index (χ2n) is 11.4. The highest BCUT2D eigenvalue weighted by Crippen LogP contribution is 2.44. The molecule has 1 aromatic heterocycles. The van der Waals surface area contributed by atoms with Crippen LogP contribution in [-0.2, 0) is 77.1 Å². The van der Waals surface area contributed by atoms with Crippen LogP contribution in [0.25, 0.3) is 0 Å². The van der Waals surface area contributed by atoms with Crippen molar-refractivity contribution in [3.8, 4) is 0 Å². The lowest BCUT2D eigenvalue weighted by Gasteiger charge is -2.33.